The standard InChI is InChI=1S/C19H17FN2O6S/c1-21(29(26,27)14-10-8-13(20)9-11-14)12-4-7-17(23)28-22-18(24)15-5-2-3-6-16(15)19(22)25/h2-3,5-6,8-11H,4,7,12H2,1H3. The Morgan fingerprint density at radius 2 is 1.59 bits per heavy atom. The Kier molecular flexibility index (Phi) is 5.76. The molecule has 29 heavy (non-hydrogen) atoms. The lowest BCUT2D eigenvalue weighted by molar-refractivity contribution is -0.168. The van der Waals surface area contributed by atoms with Gasteiger partial charge in [0.2, 0.25) is 10.0 Å². The predicted molar refractivity (Wildman–Crippen MR) is 98.5 cm³/mol. The molecule has 0 aliphatic carbocycles. The number of halogens is 1. The summed E-state index contributed by atoms with van der Waals surface area (Å²) in [6, 6.07) is 10.5. The number of sulfonamides is 1. The summed E-state index contributed by atoms with van der Waals surface area (Å²) in [4.78, 5) is 41.1. The van der Waals surface area contributed by atoms with Crippen LogP contribution in [0.5, 0.6) is 0 Å². The first-order valence-electron chi connectivity index (χ1n) is 8.62. The number of hydrogen-bond donors (Lipinski definition) is 0. The van der Waals surface area contributed by atoms with Gasteiger partial charge in [-0.05, 0) is 42.8 Å². The zero-order valence-electron chi connectivity index (χ0n) is 15.4. The van der Waals surface area contributed by atoms with Gasteiger partial charge in [-0.25, -0.2) is 21.9 Å². The van der Waals surface area contributed by atoms with Crippen LogP contribution >= 0.6 is 0 Å². The molecule has 1 heterocycles. The van der Waals surface area contributed by atoms with Crippen molar-refractivity contribution in [2.24, 2.45) is 0 Å². The van der Waals surface area contributed by atoms with Crippen LogP contribution in [0.2, 0.25) is 0 Å². The molecular formula is C19H17FN2O6S. The van der Waals surface area contributed by atoms with E-state index in [4.69, 9.17) is 4.84 Å². The summed E-state index contributed by atoms with van der Waals surface area (Å²) in [5, 5.41) is 0.409. The smallest absolute Gasteiger partial charge is 0.330 e. The van der Waals surface area contributed by atoms with Crippen LogP contribution in [0.3, 0.4) is 0 Å². The largest absolute Gasteiger partial charge is 0.333 e. The van der Waals surface area contributed by atoms with Gasteiger partial charge >= 0.3 is 5.97 Å². The number of carbonyl (C=O) groups is 3. The van der Waals surface area contributed by atoms with Crippen LogP contribution in [0.15, 0.2) is 53.4 Å². The highest BCUT2D eigenvalue weighted by molar-refractivity contribution is 7.89. The quantitative estimate of drug-likeness (QED) is 0.635. The fraction of sp³-hybridized carbons (Fsp3) is 0.211. The van der Waals surface area contributed by atoms with Crippen LogP contribution in [0.1, 0.15) is 33.6 Å². The van der Waals surface area contributed by atoms with Crippen molar-refractivity contribution in [2.45, 2.75) is 17.7 Å². The summed E-state index contributed by atoms with van der Waals surface area (Å²) in [6.45, 7) is -0.0169. The Bertz CT molecular complexity index is 1030. The first-order chi connectivity index (χ1) is 13.7. The molecule has 10 heteroatoms. The van der Waals surface area contributed by atoms with Gasteiger partial charge in [0, 0.05) is 20.0 Å². The molecular weight excluding hydrogens is 403 g/mol. The molecule has 1 aliphatic heterocycles. The lowest BCUT2D eigenvalue weighted by atomic mass is 10.1. The van der Waals surface area contributed by atoms with Gasteiger partial charge in [-0.15, -0.1) is 0 Å². The van der Waals surface area contributed by atoms with Crippen molar-refractivity contribution in [3.63, 3.8) is 0 Å². The zero-order valence-corrected chi connectivity index (χ0v) is 16.2. The number of fused-ring (bicyclic) bond motifs is 1. The molecule has 0 radical (unpaired) electrons. The number of hydrogen-bond acceptors (Lipinski definition) is 6. The molecule has 0 fully saturated rings. The van der Waals surface area contributed by atoms with E-state index in [2.05, 4.69) is 0 Å². The summed E-state index contributed by atoms with van der Waals surface area (Å²) in [7, 11) is -2.51. The molecule has 2 aromatic carbocycles. The van der Waals surface area contributed by atoms with Crippen molar-refractivity contribution in [3.05, 3.63) is 65.5 Å². The molecule has 0 bridgehead atoms. The van der Waals surface area contributed by atoms with Crippen LogP contribution in [0.25, 0.3) is 0 Å². The van der Waals surface area contributed by atoms with Crippen molar-refractivity contribution in [3.8, 4) is 0 Å². The van der Waals surface area contributed by atoms with Crippen LogP contribution < -0.4 is 0 Å². The van der Waals surface area contributed by atoms with Crippen molar-refractivity contribution in [1.29, 1.82) is 0 Å². The van der Waals surface area contributed by atoms with E-state index in [1.165, 1.54) is 19.2 Å². The van der Waals surface area contributed by atoms with Gasteiger partial charge in [-0.2, -0.15) is 0 Å². The summed E-state index contributed by atoms with van der Waals surface area (Å²) in [5.74, 6) is -2.85. The molecule has 2 amide bonds. The molecule has 0 atom stereocenters. The predicted octanol–water partition coefficient (Wildman–Crippen LogP) is 1.98. The number of imide groups is 1. The van der Waals surface area contributed by atoms with Gasteiger partial charge in [0.1, 0.15) is 5.82 Å². The monoisotopic (exact) mass is 420 g/mol. The summed E-state index contributed by atoms with van der Waals surface area (Å²) < 4.78 is 38.8. The number of amides is 2. The Morgan fingerprint density at radius 1 is 1.03 bits per heavy atom. The Hall–Kier alpha value is -3.11. The van der Waals surface area contributed by atoms with E-state index < -0.39 is 33.6 Å². The number of hydroxylamine groups is 2. The third-order valence-corrected chi connectivity index (χ3v) is 6.20. The summed E-state index contributed by atoms with van der Waals surface area (Å²) in [5.41, 5.74) is 0.297. The Labute approximate surface area is 166 Å². The van der Waals surface area contributed by atoms with Crippen LogP contribution in [-0.2, 0) is 19.7 Å². The second kappa shape index (κ2) is 8.10. The van der Waals surface area contributed by atoms with Gasteiger partial charge in [0.25, 0.3) is 11.8 Å². The maximum atomic E-state index is 13.0. The molecule has 152 valence electrons. The molecule has 2 aromatic rings. The highest BCUT2D eigenvalue weighted by Gasteiger charge is 2.38. The van der Waals surface area contributed by atoms with E-state index in [0.29, 0.717) is 5.06 Å². The second-order valence-electron chi connectivity index (χ2n) is 6.30. The number of rotatable bonds is 7. The first kappa shape index (κ1) is 20.6. The lowest BCUT2D eigenvalue weighted by Crippen LogP contribution is -2.33. The van der Waals surface area contributed by atoms with E-state index in [1.54, 1.807) is 12.1 Å². The topological polar surface area (TPSA) is 101 Å². The van der Waals surface area contributed by atoms with Crippen LogP contribution in [0.4, 0.5) is 4.39 Å². The first-order valence-corrected chi connectivity index (χ1v) is 10.1. The Balaban J connectivity index is 1.53. The fourth-order valence-electron chi connectivity index (χ4n) is 2.75. The van der Waals surface area contributed by atoms with Crippen molar-refractivity contribution in [2.75, 3.05) is 13.6 Å². The van der Waals surface area contributed by atoms with Crippen molar-refractivity contribution >= 4 is 27.8 Å². The zero-order chi connectivity index (χ0) is 21.2. The maximum absolute atomic E-state index is 13.0. The summed E-state index contributed by atoms with van der Waals surface area (Å²) in [6.07, 6.45) is -0.115. The van der Waals surface area contributed by atoms with E-state index >= 15 is 0 Å². The average Bonchev–Trinajstić information content (AvgIpc) is 2.93. The van der Waals surface area contributed by atoms with Gasteiger partial charge < -0.3 is 4.84 Å². The number of benzene rings is 2. The molecule has 0 aromatic heterocycles. The van der Waals surface area contributed by atoms with E-state index in [0.717, 1.165) is 28.6 Å². The third-order valence-electron chi connectivity index (χ3n) is 4.33. The fourth-order valence-corrected chi connectivity index (χ4v) is 3.96. The van der Waals surface area contributed by atoms with Gasteiger partial charge in [-0.3, -0.25) is 9.59 Å². The maximum Gasteiger partial charge on any atom is 0.333 e. The van der Waals surface area contributed by atoms with Crippen LogP contribution in [0, 0.1) is 5.82 Å². The Morgan fingerprint density at radius 3 is 2.14 bits per heavy atom. The number of carbonyl (C=O) groups excluding carboxylic acids is 3. The summed E-state index contributed by atoms with van der Waals surface area (Å²) >= 11 is 0. The van der Waals surface area contributed by atoms with E-state index in [9.17, 15) is 27.2 Å². The highest BCUT2D eigenvalue weighted by atomic mass is 32.2. The third kappa shape index (κ3) is 4.17. The molecule has 0 saturated carbocycles. The number of nitrogens with zero attached hydrogens (tertiary/aromatic N) is 2. The molecule has 0 unspecified atom stereocenters. The second-order valence-corrected chi connectivity index (χ2v) is 8.34. The molecule has 0 saturated heterocycles. The minimum Gasteiger partial charge on any atom is -0.330 e. The van der Waals surface area contributed by atoms with Crippen molar-refractivity contribution in [1.82, 2.24) is 9.37 Å². The molecule has 0 N–H and O–H groups in total. The van der Waals surface area contributed by atoms with Gasteiger partial charge in [0.15, 0.2) is 0 Å². The molecule has 0 spiro atoms. The normalized spacial score (nSPS) is 13.7. The van der Waals surface area contributed by atoms with E-state index in [-0.39, 0.29) is 35.4 Å². The highest BCUT2D eigenvalue weighted by Crippen LogP contribution is 2.23. The van der Waals surface area contributed by atoms with Crippen molar-refractivity contribution < 1.29 is 32.0 Å². The minimum absolute atomic E-state index is 0.0169. The van der Waals surface area contributed by atoms with Gasteiger partial charge in [0.05, 0.1) is 16.0 Å². The van der Waals surface area contributed by atoms with E-state index in [1.807, 2.05) is 0 Å². The van der Waals surface area contributed by atoms with Gasteiger partial charge in [-0.1, -0.05) is 17.2 Å². The SMILES string of the molecule is CN(CCCC(=O)ON1C(=O)c2ccccc2C1=O)S(=O)(=O)c1ccc(F)cc1. The molecule has 3 rings (SSSR count). The lowest BCUT2D eigenvalue weighted by Gasteiger charge is -2.17. The van der Waals surface area contributed by atoms with Crippen LogP contribution in [-0.4, -0.2) is 49.2 Å². The molecule has 8 nitrogen and oxygen atoms in total. The average molecular weight is 420 g/mol. The molecule has 1 aliphatic rings. The minimum atomic E-state index is -3.83.